The Labute approximate surface area is 171 Å². The molecule has 1 fully saturated rings. The van der Waals surface area contributed by atoms with Crippen LogP contribution < -0.4 is 10.6 Å². The molecule has 5 nitrogen and oxygen atoms in total. The van der Waals surface area contributed by atoms with Crippen LogP contribution in [0, 0.1) is 5.92 Å². The number of fused-ring (bicyclic) bond motifs is 1. The quantitative estimate of drug-likeness (QED) is 0.668. The van der Waals surface area contributed by atoms with Gasteiger partial charge in [0.05, 0.1) is 17.1 Å². The summed E-state index contributed by atoms with van der Waals surface area (Å²) in [5.74, 6) is 3.41. The Kier molecular flexibility index (Phi) is 9.79. The summed E-state index contributed by atoms with van der Waals surface area (Å²) in [6, 6.07) is 8.19. The largest absolute Gasteiger partial charge is 0.346 e. The number of hydrogen-bond donors (Lipinski definition) is 3. The molecule has 0 saturated carbocycles. The van der Waals surface area contributed by atoms with E-state index in [1.54, 1.807) is 0 Å². The number of halogens is 2. The van der Waals surface area contributed by atoms with Gasteiger partial charge in [-0.1, -0.05) is 32.4 Å². The maximum Gasteiger partial charge on any atom is 0.222 e. The lowest BCUT2D eigenvalue weighted by Crippen LogP contribution is -2.42. The molecule has 0 radical (unpaired) electrons. The number of aromatic amines is 1. The second kappa shape index (κ2) is 11.0. The molecule has 3 rings (SSSR count). The van der Waals surface area contributed by atoms with Crippen LogP contribution in [0.2, 0.25) is 0 Å². The average molecular weight is 419 g/mol. The molecule has 1 aromatic heterocycles. The average Bonchev–Trinajstić information content (AvgIpc) is 3.03. The van der Waals surface area contributed by atoms with Gasteiger partial charge in [-0.25, -0.2) is 4.98 Å². The fourth-order valence-corrected chi connectivity index (χ4v) is 3.99. The zero-order valence-electron chi connectivity index (χ0n) is 15.2. The second-order valence-corrected chi connectivity index (χ2v) is 7.65. The number of para-hydroxylation sites is 2. The predicted molar refractivity (Wildman–Crippen MR) is 115 cm³/mol. The van der Waals surface area contributed by atoms with E-state index < -0.39 is 0 Å². The van der Waals surface area contributed by atoms with Crippen LogP contribution in [0.25, 0.3) is 11.0 Å². The van der Waals surface area contributed by atoms with E-state index >= 15 is 0 Å². The molecule has 1 aromatic carbocycles. The third-order valence-corrected chi connectivity index (χ3v) is 5.79. The van der Waals surface area contributed by atoms with E-state index in [4.69, 9.17) is 4.98 Å². The molecule has 0 bridgehead atoms. The van der Waals surface area contributed by atoms with Gasteiger partial charge in [0.15, 0.2) is 0 Å². The number of amides is 1. The molecular weight excluding hydrogens is 391 g/mol. The van der Waals surface area contributed by atoms with E-state index in [1.807, 2.05) is 36.0 Å². The van der Waals surface area contributed by atoms with Gasteiger partial charge < -0.3 is 15.6 Å². The molecule has 1 saturated heterocycles. The summed E-state index contributed by atoms with van der Waals surface area (Å²) in [4.78, 5) is 20.6. The lowest BCUT2D eigenvalue weighted by atomic mass is 9.98. The molecule has 1 amide bonds. The SMILES string of the molecule is CCC(C)C(NC(=O)CC1CSCCN1)c1nc2ccccc2[nH]1.Cl.Cl. The number of imidazole rings is 1. The molecule has 1 aliphatic heterocycles. The van der Waals surface area contributed by atoms with Crippen LogP contribution in [0.3, 0.4) is 0 Å². The van der Waals surface area contributed by atoms with Crippen LogP contribution >= 0.6 is 36.6 Å². The van der Waals surface area contributed by atoms with Gasteiger partial charge in [-0.2, -0.15) is 11.8 Å². The van der Waals surface area contributed by atoms with E-state index in [9.17, 15) is 4.79 Å². The molecule has 3 unspecified atom stereocenters. The van der Waals surface area contributed by atoms with E-state index in [-0.39, 0.29) is 42.8 Å². The maximum absolute atomic E-state index is 12.5. The van der Waals surface area contributed by atoms with Gasteiger partial charge in [0.25, 0.3) is 0 Å². The first-order valence-electron chi connectivity index (χ1n) is 8.72. The lowest BCUT2D eigenvalue weighted by Gasteiger charge is -2.26. The Hall–Kier alpha value is -0.950. The number of carbonyl (C=O) groups excluding carboxylic acids is 1. The number of hydrogen-bond acceptors (Lipinski definition) is 4. The van der Waals surface area contributed by atoms with Crippen molar-refractivity contribution in [3.63, 3.8) is 0 Å². The minimum Gasteiger partial charge on any atom is -0.346 e. The molecule has 8 heteroatoms. The number of nitrogens with zero attached hydrogens (tertiary/aromatic N) is 1. The number of carbonyl (C=O) groups is 1. The molecule has 26 heavy (non-hydrogen) atoms. The number of nitrogens with one attached hydrogen (secondary N) is 3. The van der Waals surface area contributed by atoms with Crippen molar-refractivity contribution in [3.8, 4) is 0 Å². The molecular formula is C18H28Cl2N4OS. The third kappa shape index (κ3) is 5.78. The number of aromatic nitrogens is 2. The van der Waals surface area contributed by atoms with Crippen molar-refractivity contribution < 1.29 is 4.79 Å². The summed E-state index contributed by atoms with van der Waals surface area (Å²) < 4.78 is 0. The zero-order valence-corrected chi connectivity index (χ0v) is 17.6. The molecule has 2 aromatic rings. The molecule has 1 aliphatic rings. The molecule has 146 valence electrons. The highest BCUT2D eigenvalue weighted by atomic mass is 35.5. The molecule has 3 atom stereocenters. The second-order valence-electron chi connectivity index (χ2n) is 6.50. The number of rotatable bonds is 6. The van der Waals surface area contributed by atoms with Gasteiger partial charge in [0.1, 0.15) is 5.82 Å². The van der Waals surface area contributed by atoms with Crippen molar-refractivity contribution in [2.75, 3.05) is 18.1 Å². The first-order valence-corrected chi connectivity index (χ1v) is 9.88. The van der Waals surface area contributed by atoms with Gasteiger partial charge in [-0.15, -0.1) is 24.8 Å². The Morgan fingerprint density at radius 2 is 2.15 bits per heavy atom. The summed E-state index contributed by atoms with van der Waals surface area (Å²) in [7, 11) is 0. The van der Waals surface area contributed by atoms with E-state index in [2.05, 4.69) is 29.5 Å². The molecule has 2 heterocycles. The summed E-state index contributed by atoms with van der Waals surface area (Å²) in [5.41, 5.74) is 1.96. The van der Waals surface area contributed by atoms with Gasteiger partial charge >= 0.3 is 0 Å². The maximum atomic E-state index is 12.5. The number of thioether (sulfide) groups is 1. The zero-order chi connectivity index (χ0) is 16.9. The standard InChI is InChI=1S/C18H26N4OS.2ClH/c1-3-12(2)17(18-20-14-6-4-5-7-15(14)21-18)22-16(23)10-13-11-24-9-8-19-13;;/h4-7,12-13,17,19H,3,8-11H2,1-2H3,(H,20,21)(H,22,23);2*1H. The fourth-order valence-electron chi connectivity index (χ4n) is 3.04. The first kappa shape index (κ1) is 23.1. The Bertz CT molecular complexity index is 658. The Morgan fingerprint density at radius 3 is 2.81 bits per heavy atom. The van der Waals surface area contributed by atoms with Crippen LogP contribution in [0.1, 0.15) is 38.6 Å². The summed E-state index contributed by atoms with van der Waals surface area (Å²) in [6.07, 6.45) is 1.51. The van der Waals surface area contributed by atoms with Crippen LogP contribution in [0.5, 0.6) is 0 Å². The smallest absolute Gasteiger partial charge is 0.222 e. The highest BCUT2D eigenvalue weighted by molar-refractivity contribution is 7.99. The lowest BCUT2D eigenvalue weighted by molar-refractivity contribution is -0.122. The highest BCUT2D eigenvalue weighted by Gasteiger charge is 2.25. The van der Waals surface area contributed by atoms with Gasteiger partial charge in [0, 0.05) is 30.5 Å². The Morgan fingerprint density at radius 1 is 1.38 bits per heavy atom. The van der Waals surface area contributed by atoms with Crippen molar-refractivity contribution >= 4 is 53.5 Å². The molecule has 3 N–H and O–H groups in total. The first-order chi connectivity index (χ1) is 11.7. The van der Waals surface area contributed by atoms with Crippen molar-refractivity contribution in [2.24, 2.45) is 5.92 Å². The van der Waals surface area contributed by atoms with Crippen molar-refractivity contribution in [1.82, 2.24) is 20.6 Å². The van der Waals surface area contributed by atoms with Crippen molar-refractivity contribution in [3.05, 3.63) is 30.1 Å². The van der Waals surface area contributed by atoms with E-state index in [0.717, 1.165) is 41.3 Å². The summed E-state index contributed by atoms with van der Waals surface area (Å²) in [5, 5.41) is 6.63. The van der Waals surface area contributed by atoms with E-state index in [0.29, 0.717) is 12.3 Å². The van der Waals surface area contributed by atoms with Gasteiger partial charge in [-0.05, 0) is 18.1 Å². The topological polar surface area (TPSA) is 69.8 Å². The predicted octanol–water partition coefficient (Wildman–Crippen LogP) is 3.71. The minimum absolute atomic E-state index is 0. The van der Waals surface area contributed by atoms with Crippen molar-refractivity contribution in [1.29, 1.82) is 0 Å². The van der Waals surface area contributed by atoms with Crippen molar-refractivity contribution in [2.45, 2.75) is 38.8 Å². The van der Waals surface area contributed by atoms with Crippen LogP contribution in [-0.4, -0.2) is 40.0 Å². The number of H-pyrrole nitrogens is 1. The van der Waals surface area contributed by atoms with Gasteiger partial charge in [0.2, 0.25) is 5.91 Å². The summed E-state index contributed by atoms with van der Waals surface area (Å²) >= 11 is 1.91. The fraction of sp³-hybridized carbons (Fsp3) is 0.556. The van der Waals surface area contributed by atoms with Gasteiger partial charge in [-0.3, -0.25) is 4.79 Å². The molecule has 0 spiro atoms. The summed E-state index contributed by atoms with van der Waals surface area (Å²) in [6.45, 7) is 5.29. The highest BCUT2D eigenvalue weighted by Crippen LogP contribution is 2.25. The monoisotopic (exact) mass is 418 g/mol. The minimum atomic E-state index is -0.0776. The van der Waals surface area contributed by atoms with Crippen LogP contribution in [0.4, 0.5) is 0 Å². The van der Waals surface area contributed by atoms with Crippen LogP contribution in [-0.2, 0) is 4.79 Å². The van der Waals surface area contributed by atoms with E-state index in [1.165, 1.54) is 0 Å². The van der Waals surface area contributed by atoms with Crippen LogP contribution in [0.15, 0.2) is 24.3 Å². The molecule has 0 aliphatic carbocycles. The third-order valence-electron chi connectivity index (χ3n) is 4.66. The Balaban J connectivity index is 0.00000169. The number of benzene rings is 1. The normalized spacial score (nSPS) is 19.1.